The van der Waals surface area contributed by atoms with E-state index in [1.54, 1.807) is 30.6 Å². The van der Waals surface area contributed by atoms with Gasteiger partial charge in [0.15, 0.2) is 0 Å². The highest BCUT2D eigenvalue weighted by molar-refractivity contribution is 5.94. The standard InChI is InChI=1S/C19H24FN3O/c1-2-3-4-10-23-19(24)16-12-18(14-21-13-16)22-11-9-15-5-7-17(20)8-6-15/h5-8,12-14,22H,2-4,9-11H2,1H3,(H,23,24). The van der Waals surface area contributed by atoms with Crippen LogP contribution in [-0.2, 0) is 6.42 Å². The molecule has 2 N–H and O–H groups in total. The third-order valence-electron chi connectivity index (χ3n) is 3.72. The second-order valence-corrected chi connectivity index (χ2v) is 5.73. The van der Waals surface area contributed by atoms with Crippen LogP contribution < -0.4 is 10.6 Å². The molecule has 0 unspecified atom stereocenters. The number of hydrogen-bond donors (Lipinski definition) is 2. The van der Waals surface area contributed by atoms with Crippen LogP contribution in [0.25, 0.3) is 0 Å². The predicted octanol–water partition coefficient (Wildman–Crippen LogP) is 3.80. The van der Waals surface area contributed by atoms with E-state index in [0.717, 1.165) is 36.9 Å². The summed E-state index contributed by atoms with van der Waals surface area (Å²) in [6.45, 7) is 3.51. The summed E-state index contributed by atoms with van der Waals surface area (Å²) in [6, 6.07) is 8.26. The maximum atomic E-state index is 12.9. The Balaban J connectivity index is 1.81. The van der Waals surface area contributed by atoms with E-state index in [0.29, 0.717) is 18.7 Å². The minimum atomic E-state index is -0.228. The van der Waals surface area contributed by atoms with Crippen molar-refractivity contribution in [3.63, 3.8) is 0 Å². The highest BCUT2D eigenvalue weighted by Gasteiger charge is 2.06. The molecule has 2 rings (SSSR count). The summed E-state index contributed by atoms with van der Waals surface area (Å²) in [7, 11) is 0. The number of rotatable bonds is 9. The van der Waals surface area contributed by atoms with Crippen LogP contribution >= 0.6 is 0 Å². The van der Waals surface area contributed by atoms with Crippen LogP contribution in [0.2, 0.25) is 0 Å². The quantitative estimate of drug-likeness (QED) is 0.688. The number of benzene rings is 1. The predicted molar refractivity (Wildman–Crippen MR) is 94.7 cm³/mol. The molecule has 1 heterocycles. The SMILES string of the molecule is CCCCCNC(=O)c1cncc(NCCc2ccc(F)cc2)c1. The van der Waals surface area contributed by atoms with E-state index in [9.17, 15) is 9.18 Å². The Morgan fingerprint density at radius 2 is 1.92 bits per heavy atom. The highest BCUT2D eigenvalue weighted by atomic mass is 19.1. The van der Waals surface area contributed by atoms with E-state index >= 15 is 0 Å². The average Bonchev–Trinajstić information content (AvgIpc) is 2.60. The van der Waals surface area contributed by atoms with E-state index in [1.165, 1.54) is 12.1 Å². The minimum Gasteiger partial charge on any atom is -0.383 e. The fraction of sp³-hybridized carbons (Fsp3) is 0.368. The Morgan fingerprint density at radius 3 is 2.67 bits per heavy atom. The Hall–Kier alpha value is -2.43. The maximum Gasteiger partial charge on any atom is 0.252 e. The van der Waals surface area contributed by atoms with Gasteiger partial charge < -0.3 is 10.6 Å². The number of nitrogens with one attached hydrogen (secondary N) is 2. The number of pyridine rings is 1. The summed E-state index contributed by atoms with van der Waals surface area (Å²) in [4.78, 5) is 16.2. The number of hydrogen-bond acceptors (Lipinski definition) is 3. The molecule has 0 fully saturated rings. The van der Waals surface area contributed by atoms with Crippen molar-refractivity contribution in [3.05, 3.63) is 59.7 Å². The van der Waals surface area contributed by atoms with Crippen LogP contribution in [0.5, 0.6) is 0 Å². The zero-order valence-electron chi connectivity index (χ0n) is 14.0. The molecular formula is C19H24FN3O. The molecule has 1 aromatic heterocycles. The molecule has 1 amide bonds. The summed E-state index contributed by atoms with van der Waals surface area (Å²) in [6.07, 6.45) is 7.27. The molecule has 0 aliphatic heterocycles. The molecule has 2 aromatic rings. The lowest BCUT2D eigenvalue weighted by molar-refractivity contribution is 0.0952. The number of aromatic nitrogens is 1. The van der Waals surface area contributed by atoms with Gasteiger partial charge in [-0.05, 0) is 36.6 Å². The summed E-state index contributed by atoms with van der Waals surface area (Å²) in [5, 5.41) is 6.15. The molecule has 0 aliphatic carbocycles. The molecular weight excluding hydrogens is 305 g/mol. The van der Waals surface area contributed by atoms with Gasteiger partial charge in [0.2, 0.25) is 0 Å². The second-order valence-electron chi connectivity index (χ2n) is 5.73. The fourth-order valence-corrected chi connectivity index (χ4v) is 2.34. The van der Waals surface area contributed by atoms with Crippen LogP contribution in [0.3, 0.4) is 0 Å². The van der Waals surface area contributed by atoms with Crippen LogP contribution in [0.4, 0.5) is 10.1 Å². The van der Waals surface area contributed by atoms with Crippen molar-refractivity contribution in [1.29, 1.82) is 0 Å². The van der Waals surface area contributed by atoms with Crippen LogP contribution in [-0.4, -0.2) is 24.0 Å². The summed E-state index contributed by atoms with van der Waals surface area (Å²) in [5.74, 6) is -0.325. The Bertz CT molecular complexity index is 643. The Kier molecular flexibility index (Phi) is 7.21. The smallest absolute Gasteiger partial charge is 0.252 e. The van der Waals surface area contributed by atoms with Gasteiger partial charge in [0, 0.05) is 25.5 Å². The molecule has 128 valence electrons. The highest BCUT2D eigenvalue weighted by Crippen LogP contribution is 2.09. The first-order chi connectivity index (χ1) is 11.7. The Labute approximate surface area is 142 Å². The molecule has 0 saturated heterocycles. The number of carbonyl (C=O) groups excluding carboxylic acids is 1. The molecule has 0 radical (unpaired) electrons. The van der Waals surface area contributed by atoms with Crippen molar-refractivity contribution in [2.45, 2.75) is 32.6 Å². The first kappa shape index (κ1) is 17.9. The number of carbonyl (C=O) groups is 1. The number of nitrogens with zero attached hydrogens (tertiary/aromatic N) is 1. The van der Waals surface area contributed by atoms with Gasteiger partial charge in [-0.1, -0.05) is 31.9 Å². The van der Waals surface area contributed by atoms with Crippen molar-refractivity contribution in [2.75, 3.05) is 18.4 Å². The molecule has 0 saturated carbocycles. The normalized spacial score (nSPS) is 10.4. The van der Waals surface area contributed by atoms with E-state index in [4.69, 9.17) is 0 Å². The van der Waals surface area contributed by atoms with Gasteiger partial charge in [-0.15, -0.1) is 0 Å². The summed E-state index contributed by atoms with van der Waals surface area (Å²) in [5.41, 5.74) is 2.42. The largest absolute Gasteiger partial charge is 0.383 e. The van der Waals surface area contributed by atoms with Gasteiger partial charge in [0.25, 0.3) is 5.91 Å². The van der Waals surface area contributed by atoms with Crippen molar-refractivity contribution in [2.24, 2.45) is 0 Å². The summed E-state index contributed by atoms with van der Waals surface area (Å²) < 4.78 is 12.9. The van der Waals surface area contributed by atoms with Gasteiger partial charge in [0.05, 0.1) is 11.3 Å². The summed E-state index contributed by atoms with van der Waals surface area (Å²) >= 11 is 0. The van der Waals surface area contributed by atoms with E-state index in [1.807, 2.05) is 0 Å². The first-order valence-electron chi connectivity index (χ1n) is 8.40. The molecule has 4 nitrogen and oxygen atoms in total. The van der Waals surface area contributed by atoms with Gasteiger partial charge in [-0.25, -0.2) is 4.39 Å². The molecule has 1 aromatic carbocycles. The molecule has 0 aliphatic rings. The van der Waals surface area contributed by atoms with Crippen molar-refractivity contribution in [1.82, 2.24) is 10.3 Å². The zero-order valence-corrected chi connectivity index (χ0v) is 14.0. The van der Waals surface area contributed by atoms with Gasteiger partial charge >= 0.3 is 0 Å². The second kappa shape index (κ2) is 9.65. The third-order valence-corrected chi connectivity index (χ3v) is 3.72. The van der Waals surface area contributed by atoms with E-state index in [2.05, 4.69) is 22.5 Å². The van der Waals surface area contributed by atoms with Crippen molar-refractivity contribution >= 4 is 11.6 Å². The lowest BCUT2D eigenvalue weighted by atomic mass is 10.1. The third kappa shape index (κ3) is 5.99. The number of amides is 1. The number of unbranched alkanes of at least 4 members (excludes halogenated alkanes) is 2. The van der Waals surface area contributed by atoms with Crippen LogP contribution in [0.1, 0.15) is 42.1 Å². The van der Waals surface area contributed by atoms with E-state index in [-0.39, 0.29) is 11.7 Å². The lowest BCUT2D eigenvalue weighted by Gasteiger charge is -2.09. The van der Waals surface area contributed by atoms with E-state index < -0.39 is 0 Å². The lowest BCUT2D eigenvalue weighted by Crippen LogP contribution is -2.24. The topological polar surface area (TPSA) is 54.0 Å². The van der Waals surface area contributed by atoms with Gasteiger partial charge in [-0.3, -0.25) is 9.78 Å². The molecule has 24 heavy (non-hydrogen) atoms. The van der Waals surface area contributed by atoms with Crippen molar-refractivity contribution in [3.8, 4) is 0 Å². The number of halogens is 1. The minimum absolute atomic E-state index is 0.0965. The van der Waals surface area contributed by atoms with Gasteiger partial charge in [0.1, 0.15) is 5.82 Å². The van der Waals surface area contributed by atoms with Crippen LogP contribution in [0, 0.1) is 5.82 Å². The molecule has 5 heteroatoms. The van der Waals surface area contributed by atoms with Gasteiger partial charge in [-0.2, -0.15) is 0 Å². The molecule has 0 atom stereocenters. The Morgan fingerprint density at radius 1 is 1.12 bits per heavy atom. The average molecular weight is 329 g/mol. The monoisotopic (exact) mass is 329 g/mol. The molecule has 0 spiro atoms. The fourth-order valence-electron chi connectivity index (χ4n) is 2.34. The maximum absolute atomic E-state index is 12.9. The van der Waals surface area contributed by atoms with Crippen molar-refractivity contribution < 1.29 is 9.18 Å². The molecule has 0 bridgehead atoms. The zero-order chi connectivity index (χ0) is 17.2. The van der Waals surface area contributed by atoms with Crippen LogP contribution in [0.15, 0.2) is 42.7 Å². The first-order valence-corrected chi connectivity index (χ1v) is 8.40. The number of anilines is 1.